The second-order valence-electron chi connectivity index (χ2n) is 6.48. The molecule has 160 valence electrons. The lowest BCUT2D eigenvalue weighted by Crippen LogP contribution is -2.29. The van der Waals surface area contributed by atoms with Crippen LogP contribution < -0.4 is 15.0 Å². The van der Waals surface area contributed by atoms with Crippen LogP contribution in [0, 0.1) is 0 Å². The predicted molar refractivity (Wildman–Crippen MR) is 98.7 cm³/mol. The highest BCUT2D eigenvalue weighted by atomic mass is 19.4. The zero-order valence-corrected chi connectivity index (χ0v) is 15.8. The number of halogens is 3. The molecule has 1 amide bonds. The number of anilines is 1. The Hall–Kier alpha value is -3.37. The minimum atomic E-state index is -4.85. The molecule has 2 heterocycles. The fraction of sp³-hybridized carbons (Fsp3) is 0.368. The molecule has 0 atom stereocenters. The number of hydrogen-bond acceptors (Lipinski definition) is 7. The van der Waals surface area contributed by atoms with Gasteiger partial charge in [0.25, 0.3) is 5.91 Å². The van der Waals surface area contributed by atoms with Crippen LogP contribution in [0.25, 0.3) is 0 Å². The first kappa shape index (κ1) is 21.3. The van der Waals surface area contributed by atoms with E-state index in [2.05, 4.69) is 25.2 Å². The summed E-state index contributed by atoms with van der Waals surface area (Å²) in [7, 11) is 0. The summed E-state index contributed by atoms with van der Waals surface area (Å²) in [6.45, 7) is 0.926. The molecule has 1 aliphatic rings. The summed E-state index contributed by atoms with van der Waals surface area (Å²) in [4.78, 5) is 25.9. The highest BCUT2D eigenvalue weighted by Crippen LogP contribution is 2.26. The number of carbonyl (C=O) groups is 2. The highest BCUT2D eigenvalue weighted by molar-refractivity contribution is 5.89. The van der Waals surface area contributed by atoms with Crippen LogP contribution in [-0.4, -0.2) is 48.1 Å². The number of aromatic nitrogens is 2. The molecule has 2 aromatic rings. The van der Waals surface area contributed by atoms with E-state index in [0.29, 0.717) is 5.82 Å². The Balaban J connectivity index is 1.47. The molecule has 1 N–H and O–H groups in total. The van der Waals surface area contributed by atoms with E-state index in [1.54, 1.807) is 6.07 Å². The SMILES string of the molecule is O=C(COC(=O)c1ccc(N2CCCC2)nn1)NCc1ccccc1OC(F)(F)F. The molecule has 1 aliphatic heterocycles. The molecule has 3 rings (SSSR count). The number of nitrogens with one attached hydrogen (secondary N) is 1. The number of nitrogens with zero attached hydrogens (tertiary/aromatic N) is 3. The summed E-state index contributed by atoms with van der Waals surface area (Å²) in [6.07, 6.45) is -2.69. The van der Waals surface area contributed by atoms with Gasteiger partial charge in [0.05, 0.1) is 0 Å². The van der Waals surface area contributed by atoms with Crippen molar-refractivity contribution in [2.75, 3.05) is 24.6 Å². The average molecular weight is 424 g/mol. The molecule has 1 fully saturated rings. The minimum absolute atomic E-state index is 0.0466. The second-order valence-corrected chi connectivity index (χ2v) is 6.48. The first-order chi connectivity index (χ1) is 14.3. The molecular weight excluding hydrogens is 405 g/mol. The van der Waals surface area contributed by atoms with Gasteiger partial charge in [0.2, 0.25) is 0 Å². The number of amides is 1. The normalized spacial score (nSPS) is 13.8. The van der Waals surface area contributed by atoms with Gasteiger partial charge in [0, 0.05) is 25.2 Å². The van der Waals surface area contributed by atoms with E-state index in [-0.39, 0.29) is 17.8 Å². The van der Waals surface area contributed by atoms with Crippen molar-refractivity contribution < 1.29 is 32.2 Å². The van der Waals surface area contributed by atoms with Crippen LogP contribution in [-0.2, 0) is 16.1 Å². The topological polar surface area (TPSA) is 93.7 Å². The van der Waals surface area contributed by atoms with Crippen molar-refractivity contribution in [2.45, 2.75) is 25.7 Å². The van der Waals surface area contributed by atoms with E-state index >= 15 is 0 Å². The van der Waals surface area contributed by atoms with Gasteiger partial charge < -0.3 is 19.7 Å². The van der Waals surface area contributed by atoms with Gasteiger partial charge in [-0.3, -0.25) is 4.79 Å². The monoisotopic (exact) mass is 424 g/mol. The average Bonchev–Trinajstić information content (AvgIpc) is 3.25. The summed E-state index contributed by atoms with van der Waals surface area (Å²) >= 11 is 0. The molecular formula is C19H19F3N4O4. The van der Waals surface area contributed by atoms with Crippen molar-refractivity contribution in [3.63, 3.8) is 0 Å². The standard InChI is InChI=1S/C19H19F3N4O4/c20-19(21,22)30-15-6-2-1-5-13(15)11-23-17(27)12-29-18(28)14-7-8-16(25-24-14)26-9-3-4-10-26/h1-2,5-8H,3-4,9-12H2,(H,23,27). The van der Waals surface area contributed by atoms with Gasteiger partial charge in [0.15, 0.2) is 18.1 Å². The number of rotatable bonds is 7. The van der Waals surface area contributed by atoms with Crippen molar-refractivity contribution in [2.24, 2.45) is 0 Å². The number of esters is 1. The number of benzene rings is 1. The Morgan fingerprint density at radius 1 is 1.07 bits per heavy atom. The van der Waals surface area contributed by atoms with Crippen molar-refractivity contribution >= 4 is 17.7 Å². The zero-order valence-electron chi connectivity index (χ0n) is 15.8. The van der Waals surface area contributed by atoms with Crippen LogP contribution in [0.2, 0.25) is 0 Å². The van der Waals surface area contributed by atoms with Gasteiger partial charge >= 0.3 is 12.3 Å². The van der Waals surface area contributed by atoms with E-state index in [0.717, 1.165) is 32.0 Å². The lowest BCUT2D eigenvalue weighted by Gasteiger charge is -2.15. The van der Waals surface area contributed by atoms with Gasteiger partial charge in [-0.2, -0.15) is 0 Å². The lowest BCUT2D eigenvalue weighted by atomic mass is 10.2. The third kappa shape index (κ3) is 6.06. The second kappa shape index (κ2) is 9.42. The quantitative estimate of drug-likeness (QED) is 0.683. The molecule has 1 aromatic heterocycles. The van der Waals surface area contributed by atoms with E-state index in [1.165, 1.54) is 24.3 Å². The molecule has 11 heteroatoms. The van der Waals surface area contributed by atoms with Crippen molar-refractivity contribution in [1.29, 1.82) is 0 Å². The van der Waals surface area contributed by atoms with Crippen LogP contribution >= 0.6 is 0 Å². The fourth-order valence-corrected chi connectivity index (χ4v) is 2.87. The first-order valence-corrected chi connectivity index (χ1v) is 9.18. The Bertz CT molecular complexity index is 884. The molecule has 0 spiro atoms. The smallest absolute Gasteiger partial charge is 0.451 e. The van der Waals surface area contributed by atoms with Crippen molar-refractivity contribution in [3.05, 3.63) is 47.7 Å². The van der Waals surface area contributed by atoms with E-state index < -0.39 is 30.6 Å². The Labute approximate surface area is 170 Å². The Morgan fingerprint density at radius 3 is 2.47 bits per heavy atom. The van der Waals surface area contributed by atoms with Gasteiger partial charge in [-0.15, -0.1) is 23.4 Å². The maximum atomic E-state index is 12.4. The molecule has 0 aliphatic carbocycles. The number of alkyl halides is 3. The van der Waals surface area contributed by atoms with Gasteiger partial charge in [-0.25, -0.2) is 4.79 Å². The Morgan fingerprint density at radius 2 is 1.80 bits per heavy atom. The van der Waals surface area contributed by atoms with Crippen LogP contribution in [0.3, 0.4) is 0 Å². The summed E-state index contributed by atoms with van der Waals surface area (Å²) in [5, 5.41) is 10.2. The molecule has 0 bridgehead atoms. The van der Waals surface area contributed by atoms with Crippen LogP contribution in [0.1, 0.15) is 28.9 Å². The fourth-order valence-electron chi connectivity index (χ4n) is 2.87. The van der Waals surface area contributed by atoms with E-state index in [1.807, 2.05) is 0 Å². The third-order valence-corrected chi connectivity index (χ3v) is 4.30. The highest BCUT2D eigenvalue weighted by Gasteiger charge is 2.32. The summed E-state index contributed by atoms with van der Waals surface area (Å²) in [5.41, 5.74) is 0.0764. The third-order valence-electron chi connectivity index (χ3n) is 4.30. The molecule has 0 unspecified atom stereocenters. The largest absolute Gasteiger partial charge is 0.573 e. The number of ether oxygens (including phenoxy) is 2. The van der Waals surface area contributed by atoms with Gasteiger partial charge in [0.1, 0.15) is 5.75 Å². The zero-order chi connectivity index (χ0) is 21.6. The summed E-state index contributed by atoms with van der Waals surface area (Å²) in [6, 6.07) is 8.53. The van der Waals surface area contributed by atoms with E-state index in [9.17, 15) is 22.8 Å². The summed E-state index contributed by atoms with van der Waals surface area (Å²) in [5.74, 6) is -1.27. The molecule has 30 heavy (non-hydrogen) atoms. The van der Waals surface area contributed by atoms with Crippen LogP contribution in [0.4, 0.5) is 19.0 Å². The van der Waals surface area contributed by atoms with Gasteiger partial charge in [-0.1, -0.05) is 18.2 Å². The number of carbonyl (C=O) groups excluding carboxylic acids is 2. The molecule has 8 nitrogen and oxygen atoms in total. The number of hydrogen-bond donors (Lipinski definition) is 1. The Kier molecular flexibility index (Phi) is 6.70. The molecule has 1 aromatic carbocycles. The van der Waals surface area contributed by atoms with Crippen molar-refractivity contribution in [3.8, 4) is 5.75 Å². The minimum Gasteiger partial charge on any atom is -0.451 e. The maximum Gasteiger partial charge on any atom is 0.573 e. The first-order valence-electron chi connectivity index (χ1n) is 9.18. The molecule has 0 saturated carbocycles. The lowest BCUT2D eigenvalue weighted by molar-refractivity contribution is -0.274. The molecule has 0 radical (unpaired) electrons. The predicted octanol–water partition coefficient (Wildman–Crippen LogP) is 2.45. The van der Waals surface area contributed by atoms with E-state index in [4.69, 9.17) is 4.74 Å². The van der Waals surface area contributed by atoms with Crippen molar-refractivity contribution in [1.82, 2.24) is 15.5 Å². The van der Waals surface area contributed by atoms with Crippen LogP contribution in [0.5, 0.6) is 5.75 Å². The summed E-state index contributed by atoms with van der Waals surface area (Å²) < 4.78 is 46.1. The van der Waals surface area contributed by atoms with Gasteiger partial charge in [-0.05, 0) is 31.0 Å². The van der Waals surface area contributed by atoms with Crippen LogP contribution in [0.15, 0.2) is 36.4 Å². The number of para-hydroxylation sites is 1. The maximum absolute atomic E-state index is 12.4. The molecule has 1 saturated heterocycles.